The topological polar surface area (TPSA) is 17.1 Å². The SMILES string of the molecule is O=Cc1cc2c(cc1Cl)CCC21SCCS1. The van der Waals surface area contributed by atoms with E-state index in [4.69, 9.17) is 11.6 Å². The van der Waals surface area contributed by atoms with Gasteiger partial charge in [-0.05, 0) is 36.1 Å². The van der Waals surface area contributed by atoms with Gasteiger partial charge in [0.25, 0.3) is 0 Å². The van der Waals surface area contributed by atoms with Gasteiger partial charge in [-0.15, -0.1) is 23.5 Å². The standard InChI is InChI=1S/C12H11ClOS2/c13-11-6-8-1-2-12(15-3-4-16-12)10(8)5-9(11)7-14/h5-7H,1-4H2. The Morgan fingerprint density at radius 1 is 1.31 bits per heavy atom. The number of benzene rings is 1. The van der Waals surface area contributed by atoms with E-state index in [9.17, 15) is 4.79 Å². The predicted molar refractivity (Wildman–Crippen MR) is 71.8 cm³/mol. The third kappa shape index (κ3) is 1.52. The van der Waals surface area contributed by atoms with Crippen molar-refractivity contribution in [2.75, 3.05) is 11.5 Å². The Labute approximate surface area is 108 Å². The van der Waals surface area contributed by atoms with Crippen LogP contribution >= 0.6 is 35.1 Å². The Kier molecular flexibility index (Phi) is 2.73. The molecule has 1 heterocycles. The second-order valence-corrected chi connectivity index (χ2v) is 7.55. The Hall–Kier alpha value is -0.120. The largest absolute Gasteiger partial charge is 0.298 e. The van der Waals surface area contributed by atoms with Crippen LogP contribution in [0.2, 0.25) is 5.02 Å². The van der Waals surface area contributed by atoms with Crippen LogP contribution in [0.3, 0.4) is 0 Å². The van der Waals surface area contributed by atoms with Crippen LogP contribution in [0.1, 0.15) is 27.9 Å². The molecule has 1 aliphatic carbocycles. The van der Waals surface area contributed by atoms with Crippen LogP contribution in [-0.2, 0) is 10.5 Å². The van der Waals surface area contributed by atoms with E-state index in [1.807, 2.05) is 35.7 Å². The molecular weight excluding hydrogens is 260 g/mol. The number of halogens is 1. The van der Waals surface area contributed by atoms with Crippen molar-refractivity contribution in [2.24, 2.45) is 0 Å². The van der Waals surface area contributed by atoms with E-state index in [2.05, 4.69) is 0 Å². The van der Waals surface area contributed by atoms with Crippen molar-refractivity contribution < 1.29 is 4.79 Å². The number of fused-ring (bicyclic) bond motifs is 2. The van der Waals surface area contributed by atoms with Gasteiger partial charge in [0.05, 0.1) is 9.10 Å². The molecule has 16 heavy (non-hydrogen) atoms. The predicted octanol–water partition coefficient (Wildman–Crippen LogP) is 3.73. The number of carbonyl (C=O) groups is 1. The minimum Gasteiger partial charge on any atom is -0.298 e. The lowest BCUT2D eigenvalue weighted by Gasteiger charge is -2.22. The van der Waals surface area contributed by atoms with Crippen LogP contribution in [0.4, 0.5) is 0 Å². The summed E-state index contributed by atoms with van der Waals surface area (Å²) in [5, 5.41) is 0.596. The number of aryl methyl sites for hydroxylation is 1. The summed E-state index contributed by atoms with van der Waals surface area (Å²) >= 11 is 10.1. The summed E-state index contributed by atoms with van der Waals surface area (Å²) < 4.78 is 0.220. The molecule has 1 spiro atoms. The van der Waals surface area contributed by atoms with Gasteiger partial charge in [-0.2, -0.15) is 0 Å². The average Bonchev–Trinajstić information content (AvgIpc) is 2.88. The minimum atomic E-state index is 0.220. The van der Waals surface area contributed by atoms with E-state index in [1.165, 1.54) is 29.1 Å². The maximum absolute atomic E-state index is 10.9. The number of thioether (sulfide) groups is 2. The van der Waals surface area contributed by atoms with Gasteiger partial charge in [0, 0.05) is 17.1 Å². The van der Waals surface area contributed by atoms with Crippen LogP contribution in [0.25, 0.3) is 0 Å². The summed E-state index contributed by atoms with van der Waals surface area (Å²) in [4.78, 5) is 10.9. The zero-order valence-electron chi connectivity index (χ0n) is 8.66. The van der Waals surface area contributed by atoms with Crippen molar-refractivity contribution in [3.8, 4) is 0 Å². The van der Waals surface area contributed by atoms with E-state index in [0.717, 1.165) is 12.7 Å². The second kappa shape index (κ2) is 3.97. The van der Waals surface area contributed by atoms with Crippen LogP contribution in [-0.4, -0.2) is 17.8 Å². The molecule has 1 aromatic rings. The molecule has 0 aromatic heterocycles. The third-order valence-electron chi connectivity index (χ3n) is 3.24. The fraction of sp³-hybridized carbons (Fsp3) is 0.417. The molecule has 0 radical (unpaired) electrons. The second-order valence-electron chi connectivity index (χ2n) is 4.10. The van der Waals surface area contributed by atoms with Gasteiger partial charge in [0.15, 0.2) is 6.29 Å². The van der Waals surface area contributed by atoms with Gasteiger partial charge >= 0.3 is 0 Å². The van der Waals surface area contributed by atoms with Crippen molar-refractivity contribution in [1.29, 1.82) is 0 Å². The number of carbonyl (C=O) groups excluding carboxylic acids is 1. The molecule has 0 bridgehead atoms. The molecule has 1 aliphatic heterocycles. The molecule has 4 heteroatoms. The molecule has 1 aromatic carbocycles. The molecule has 1 nitrogen and oxygen atoms in total. The lowest BCUT2D eigenvalue weighted by atomic mass is 10.1. The lowest BCUT2D eigenvalue weighted by molar-refractivity contribution is 0.112. The van der Waals surface area contributed by atoms with E-state index in [-0.39, 0.29) is 4.08 Å². The molecule has 0 unspecified atom stereocenters. The highest BCUT2D eigenvalue weighted by Crippen LogP contribution is 2.59. The Bertz CT molecular complexity index is 453. The molecule has 3 rings (SSSR count). The van der Waals surface area contributed by atoms with Gasteiger partial charge in [-0.1, -0.05) is 11.6 Å². The zero-order valence-corrected chi connectivity index (χ0v) is 11.1. The number of hydrogen-bond donors (Lipinski definition) is 0. The summed E-state index contributed by atoms with van der Waals surface area (Å²) in [6.07, 6.45) is 3.13. The van der Waals surface area contributed by atoms with Gasteiger partial charge in [0.2, 0.25) is 0 Å². The fourth-order valence-corrected chi connectivity index (χ4v) is 6.05. The van der Waals surface area contributed by atoms with Crippen molar-refractivity contribution >= 4 is 41.4 Å². The van der Waals surface area contributed by atoms with E-state index in [1.54, 1.807) is 0 Å². The molecule has 2 aliphatic rings. The molecule has 1 fully saturated rings. The van der Waals surface area contributed by atoms with Crippen LogP contribution in [0.15, 0.2) is 12.1 Å². The maximum Gasteiger partial charge on any atom is 0.151 e. The highest BCUT2D eigenvalue weighted by atomic mass is 35.5. The monoisotopic (exact) mass is 270 g/mol. The van der Waals surface area contributed by atoms with E-state index >= 15 is 0 Å². The number of rotatable bonds is 1. The first-order chi connectivity index (χ1) is 7.75. The summed E-state index contributed by atoms with van der Waals surface area (Å²) in [7, 11) is 0. The average molecular weight is 271 g/mol. The Morgan fingerprint density at radius 3 is 2.75 bits per heavy atom. The molecular formula is C12H11ClOS2. The lowest BCUT2D eigenvalue weighted by Crippen LogP contribution is -2.09. The van der Waals surface area contributed by atoms with Crippen molar-refractivity contribution in [1.82, 2.24) is 0 Å². The third-order valence-corrected chi connectivity index (χ3v) is 7.13. The first-order valence-electron chi connectivity index (χ1n) is 5.31. The quantitative estimate of drug-likeness (QED) is 0.724. The van der Waals surface area contributed by atoms with Crippen molar-refractivity contribution in [3.63, 3.8) is 0 Å². The highest BCUT2D eigenvalue weighted by molar-refractivity contribution is 8.20. The van der Waals surface area contributed by atoms with Crippen LogP contribution < -0.4 is 0 Å². The summed E-state index contributed by atoms with van der Waals surface area (Å²) in [5.74, 6) is 2.42. The van der Waals surface area contributed by atoms with Crippen LogP contribution in [0.5, 0.6) is 0 Å². The van der Waals surface area contributed by atoms with E-state index in [0.29, 0.717) is 10.6 Å². The summed E-state index contributed by atoms with van der Waals surface area (Å²) in [5.41, 5.74) is 3.30. The van der Waals surface area contributed by atoms with Gasteiger partial charge in [0.1, 0.15) is 0 Å². The number of aldehydes is 1. The molecule has 0 atom stereocenters. The number of hydrogen-bond acceptors (Lipinski definition) is 3. The van der Waals surface area contributed by atoms with E-state index < -0.39 is 0 Å². The van der Waals surface area contributed by atoms with Crippen LogP contribution in [0, 0.1) is 0 Å². The summed E-state index contributed by atoms with van der Waals surface area (Å²) in [6.45, 7) is 0. The zero-order chi connectivity index (χ0) is 11.2. The first-order valence-corrected chi connectivity index (χ1v) is 7.66. The Balaban J connectivity index is 2.14. The van der Waals surface area contributed by atoms with Gasteiger partial charge in [-0.25, -0.2) is 0 Å². The molecule has 0 amide bonds. The van der Waals surface area contributed by atoms with Crippen molar-refractivity contribution in [3.05, 3.63) is 33.8 Å². The fourth-order valence-electron chi connectivity index (χ4n) is 2.47. The molecule has 0 N–H and O–H groups in total. The van der Waals surface area contributed by atoms with Gasteiger partial charge in [-0.3, -0.25) is 4.79 Å². The minimum absolute atomic E-state index is 0.220. The smallest absolute Gasteiger partial charge is 0.151 e. The maximum atomic E-state index is 10.9. The normalized spacial score (nSPS) is 21.3. The molecule has 0 saturated carbocycles. The molecule has 84 valence electrons. The van der Waals surface area contributed by atoms with Crippen molar-refractivity contribution in [2.45, 2.75) is 16.9 Å². The Morgan fingerprint density at radius 2 is 2.06 bits per heavy atom. The highest BCUT2D eigenvalue weighted by Gasteiger charge is 2.42. The summed E-state index contributed by atoms with van der Waals surface area (Å²) in [6, 6.07) is 3.98. The molecule has 1 saturated heterocycles. The van der Waals surface area contributed by atoms with Gasteiger partial charge < -0.3 is 0 Å². The first kappa shape index (κ1) is 11.0.